The minimum atomic E-state index is 0.105. The Morgan fingerprint density at radius 2 is 1.66 bits per heavy atom. The highest BCUT2D eigenvalue weighted by atomic mass is 16.3. The van der Waals surface area contributed by atoms with Gasteiger partial charge in [-0.3, -0.25) is 4.99 Å². The van der Waals surface area contributed by atoms with Gasteiger partial charge in [0.2, 0.25) is 0 Å². The van der Waals surface area contributed by atoms with Gasteiger partial charge in [0, 0.05) is 29.7 Å². The van der Waals surface area contributed by atoms with E-state index in [2.05, 4.69) is 39.6 Å². The number of anilines is 1. The van der Waals surface area contributed by atoms with E-state index in [0.717, 1.165) is 35.4 Å². The summed E-state index contributed by atoms with van der Waals surface area (Å²) in [6.45, 7) is 3.52. The largest absolute Gasteiger partial charge is 0.494 e. The van der Waals surface area contributed by atoms with E-state index in [1.54, 1.807) is 6.07 Å². The van der Waals surface area contributed by atoms with Crippen LogP contribution < -0.4 is 11.1 Å². The van der Waals surface area contributed by atoms with Crippen LogP contribution in [0, 0.1) is 0 Å². The Hall–Kier alpha value is -3.57. The molecule has 0 aliphatic heterocycles. The summed E-state index contributed by atoms with van der Waals surface area (Å²) in [5, 5.41) is 14.6. The first-order chi connectivity index (χ1) is 14.1. The number of aliphatic imine (C=N–C) groups is 1. The quantitative estimate of drug-likeness (QED) is 0.282. The molecule has 0 radical (unpaired) electrons. The topological polar surface area (TPSA) is 86.4 Å². The number of nitrogens with zero attached hydrogens (tertiary/aromatic N) is 1. The average molecular weight is 384 g/mol. The fourth-order valence-corrected chi connectivity index (χ4v) is 3.45. The van der Waals surface area contributed by atoms with Crippen molar-refractivity contribution in [3.05, 3.63) is 89.5 Å². The SMILES string of the molecule is CC(=Nc1ccc(CNCc2ccccc2)cc1)c1c(O)[nH]c2ccc(N)cc12. The Morgan fingerprint density at radius 3 is 2.38 bits per heavy atom. The molecule has 0 fully saturated rings. The number of aromatic hydroxyl groups is 1. The number of nitrogens with two attached hydrogens (primary N) is 1. The van der Waals surface area contributed by atoms with Crippen molar-refractivity contribution in [1.82, 2.24) is 10.3 Å². The van der Waals surface area contributed by atoms with Crippen molar-refractivity contribution in [3.63, 3.8) is 0 Å². The number of nitrogen functional groups attached to an aromatic ring is 1. The molecule has 1 heterocycles. The third-order valence-corrected chi connectivity index (χ3v) is 4.90. The van der Waals surface area contributed by atoms with Gasteiger partial charge in [-0.05, 0) is 48.4 Å². The van der Waals surface area contributed by atoms with Crippen LogP contribution in [0.2, 0.25) is 0 Å². The molecule has 0 saturated carbocycles. The zero-order valence-corrected chi connectivity index (χ0v) is 16.3. The van der Waals surface area contributed by atoms with Crippen LogP contribution >= 0.6 is 0 Å². The number of benzene rings is 3. The number of hydrogen-bond donors (Lipinski definition) is 4. The number of fused-ring (bicyclic) bond motifs is 1. The lowest BCUT2D eigenvalue weighted by atomic mass is 10.1. The minimum absolute atomic E-state index is 0.105. The van der Waals surface area contributed by atoms with E-state index in [1.165, 1.54) is 11.1 Å². The van der Waals surface area contributed by atoms with Gasteiger partial charge in [0.25, 0.3) is 0 Å². The van der Waals surface area contributed by atoms with Crippen LogP contribution in [0.25, 0.3) is 10.9 Å². The summed E-state index contributed by atoms with van der Waals surface area (Å²) in [7, 11) is 0. The lowest BCUT2D eigenvalue weighted by molar-refractivity contribution is 0.457. The van der Waals surface area contributed by atoms with Gasteiger partial charge >= 0.3 is 0 Å². The molecule has 5 N–H and O–H groups in total. The Balaban J connectivity index is 1.47. The van der Waals surface area contributed by atoms with E-state index in [1.807, 2.05) is 49.4 Å². The molecular formula is C24H24N4O. The third-order valence-electron chi connectivity index (χ3n) is 4.90. The summed E-state index contributed by atoms with van der Waals surface area (Å²) in [6.07, 6.45) is 0. The van der Waals surface area contributed by atoms with Gasteiger partial charge in [-0.15, -0.1) is 0 Å². The summed E-state index contributed by atoms with van der Waals surface area (Å²) in [5.41, 5.74) is 12.1. The van der Waals surface area contributed by atoms with Crippen LogP contribution in [0.5, 0.6) is 5.88 Å². The van der Waals surface area contributed by atoms with E-state index in [0.29, 0.717) is 11.3 Å². The number of nitrogens with one attached hydrogen (secondary N) is 2. The molecule has 0 unspecified atom stereocenters. The van der Waals surface area contributed by atoms with Crippen molar-refractivity contribution < 1.29 is 5.11 Å². The summed E-state index contributed by atoms with van der Waals surface area (Å²) in [5.74, 6) is 0.105. The first-order valence-electron chi connectivity index (χ1n) is 9.59. The monoisotopic (exact) mass is 384 g/mol. The van der Waals surface area contributed by atoms with Gasteiger partial charge in [0.1, 0.15) is 0 Å². The van der Waals surface area contributed by atoms with Crippen molar-refractivity contribution >= 4 is 28.0 Å². The second-order valence-corrected chi connectivity index (χ2v) is 7.11. The first-order valence-corrected chi connectivity index (χ1v) is 9.59. The maximum Gasteiger partial charge on any atom is 0.198 e. The van der Waals surface area contributed by atoms with Crippen molar-refractivity contribution in [2.24, 2.45) is 4.99 Å². The highest BCUT2D eigenvalue weighted by molar-refractivity contribution is 6.13. The molecule has 4 aromatic rings. The van der Waals surface area contributed by atoms with Crippen LogP contribution in [0.1, 0.15) is 23.6 Å². The molecule has 4 rings (SSSR count). The van der Waals surface area contributed by atoms with Crippen LogP contribution in [0.3, 0.4) is 0 Å². The average Bonchev–Trinajstić information content (AvgIpc) is 3.05. The molecule has 29 heavy (non-hydrogen) atoms. The van der Waals surface area contributed by atoms with Crippen LogP contribution in [-0.2, 0) is 13.1 Å². The predicted molar refractivity (Wildman–Crippen MR) is 120 cm³/mol. The normalized spacial score (nSPS) is 11.8. The first kappa shape index (κ1) is 18.8. The standard InChI is InChI=1S/C24H24N4O/c1-16(23-21-13-19(25)9-12-22(21)28-24(23)29)27-20-10-7-18(8-11-20)15-26-14-17-5-3-2-4-6-17/h2-13,26,28-29H,14-15,25H2,1H3. The van der Waals surface area contributed by atoms with E-state index >= 15 is 0 Å². The molecule has 1 aromatic heterocycles. The molecule has 5 heteroatoms. The van der Waals surface area contributed by atoms with Crippen molar-refractivity contribution in [1.29, 1.82) is 0 Å². The van der Waals surface area contributed by atoms with Crippen LogP contribution in [-0.4, -0.2) is 15.8 Å². The Labute approximate surface area is 169 Å². The van der Waals surface area contributed by atoms with Crippen molar-refractivity contribution in [2.45, 2.75) is 20.0 Å². The molecule has 0 bridgehead atoms. The summed E-state index contributed by atoms with van der Waals surface area (Å²) in [6, 6.07) is 24.0. The third kappa shape index (κ3) is 4.31. The lowest BCUT2D eigenvalue weighted by Crippen LogP contribution is -2.12. The molecule has 0 aliphatic rings. The summed E-state index contributed by atoms with van der Waals surface area (Å²) >= 11 is 0. The molecule has 0 atom stereocenters. The number of H-pyrrole nitrogens is 1. The van der Waals surface area contributed by atoms with Gasteiger partial charge in [0.05, 0.1) is 17.0 Å². The molecule has 146 valence electrons. The minimum Gasteiger partial charge on any atom is -0.494 e. The fraction of sp³-hybridized carbons (Fsp3) is 0.125. The maximum atomic E-state index is 10.3. The Bertz CT molecular complexity index is 1140. The van der Waals surface area contributed by atoms with Gasteiger partial charge in [-0.1, -0.05) is 42.5 Å². The molecule has 0 saturated heterocycles. The maximum absolute atomic E-state index is 10.3. The highest BCUT2D eigenvalue weighted by Crippen LogP contribution is 2.30. The molecule has 0 aliphatic carbocycles. The molecule has 3 aromatic carbocycles. The zero-order chi connectivity index (χ0) is 20.2. The second kappa shape index (κ2) is 8.20. The highest BCUT2D eigenvalue weighted by Gasteiger charge is 2.13. The number of aromatic nitrogens is 1. The molecule has 0 spiro atoms. The van der Waals surface area contributed by atoms with E-state index < -0.39 is 0 Å². The summed E-state index contributed by atoms with van der Waals surface area (Å²) in [4.78, 5) is 7.66. The molecular weight excluding hydrogens is 360 g/mol. The van der Waals surface area contributed by atoms with Gasteiger partial charge in [-0.25, -0.2) is 0 Å². The molecule has 0 amide bonds. The number of rotatable bonds is 6. The van der Waals surface area contributed by atoms with Gasteiger partial charge < -0.3 is 21.1 Å². The number of hydrogen-bond acceptors (Lipinski definition) is 4. The van der Waals surface area contributed by atoms with E-state index in [-0.39, 0.29) is 5.88 Å². The lowest BCUT2D eigenvalue weighted by Gasteiger charge is -2.06. The van der Waals surface area contributed by atoms with E-state index in [4.69, 9.17) is 5.73 Å². The van der Waals surface area contributed by atoms with Crippen molar-refractivity contribution in [3.8, 4) is 5.88 Å². The van der Waals surface area contributed by atoms with Crippen LogP contribution in [0.15, 0.2) is 77.8 Å². The zero-order valence-electron chi connectivity index (χ0n) is 16.3. The van der Waals surface area contributed by atoms with E-state index in [9.17, 15) is 5.11 Å². The van der Waals surface area contributed by atoms with Crippen molar-refractivity contribution in [2.75, 3.05) is 5.73 Å². The smallest absolute Gasteiger partial charge is 0.198 e. The van der Waals surface area contributed by atoms with Gasteiger partial charge in [-0.2, -0.15) is 0 Å². The Kier molecular flexibility index (Phi) is 5.31. The second-order valence-electron chi connectivity index (χ2n) is 7.11. The Morgan fingerprint density at radius 1 is 0.966 bits per heavy atom. The molecule has 5 nitrogen and oxygen atoms in total. The van der Waals surface area contributed by atoms with Crippen LogP contribution in [0.4, 0.5) is 11.4 Å². The summed E-state index contributed by atoms with van der Waals surface area (Å²) < 4.78 is 0. The van der Waals surface area contributed by atoms with Gasteiger partial charge in [0.15, 0.2) is 5.88 Å². The number of aromatic amines is 1. The fourth-order valence-electron chi connectivity index (χ4n) is 3.45. The predicted octanol–water partition coefficient (Wildman–Crippen LogP) is 4.89.